The van der Waals surface area contributed by atoms with Crippen LogP contribution in [0.4, 0.5) is 0 Å². The topological polar surface area (TPSA) is 18.5 Å². The first kappa shape index (κ1) is 13.3. The van der Waals surface area contributed by atoms with E-state index in [1.807, 2.05) is 58.0 Å². The zero-order valence-electron chi connectivity index (χ0n) is 10.8. The number of benzene rings is 1. The fraction of sp³-hybridized carbons (Fsp3) is 0.538. The van der Waals surface area contributed by atoms with Crippen molar-refractivity contribution in [2.45, 2.75) is 38.9 Å². The summed E-state index contributed by atoms with van der Waals surface area (Å²) in [6.07, 6.45) is 0. The van der Waals surface area contributed by atoms with E-state index in [0.717, 1.165) is 5.46 Å². The summed E-state index contributed by atoms with van der Waals surface area (Å²) in [5.74, 6) is 0. The van der Waals surface area contributed by atoms with Crippen molar-refractivity contribution in [3.05, 3.63) is 30.3 Å². The lowest BCUT2D eigenvalue weighted by atomic mass is 9.82. The third-order valence-electron chi connectivity index (χ3n) is 3.25. The van der Waals surface area contributed by atoms with Crippen LogP contribution < -0.4 is 5.46 Å². The normalized spacial score (nSPS) is 12.6. The molecule has 0 bridgehead atoms. The van der Waals surface area contributed by atoms with Crippen molar-refractivity contribution in [2.75, 3.05) is 7.11 Å². The van der Waals surface area contributed by atoms with Crippen LogP contribution >= 0.6 is 0 Å². The minimum absolute atomic E-state index is 0.335. The molecule has 0 amide bonds. The van der Waals surface area contributed by atoms with Crippen molar-refractivity contribution in [2.24, 2.45) is 0 Å². The van der Waals surface area contributed by atoms with E-state index in [2.05, 4.69) is 0 Å². The van der Waals surface area contributed by atoms with Gasteiger partial charge in [0.2, 0.25) is 0 Å². The largest absolute Gasteiger partial charge is 0.427 e. The summed E-state index contributed by atoms with van der Waals surface area (Å²) in [6.45, 7) is 8.09. The number of hydrogen-bond donors (Lipinski definition) is 0. The van der Waals surface area contributed by atoms with Gasteiger partial charge in [-0.1, -0.05) is 35.8 Å². The van der Waals surface area contributed by atoms with Gasteiger partial charge in [0, 0.05) is 7.11 Å². The maximum absolute atomic E-state index is 5.82. The molecule has 0 fully saturated rings. The average molecular weight is 219 g/mol. The molecule has 0 spiro atoms. The van der Waals surface area contributed by atoms with Crippen LogP contribution in [0, 0.1) is 0 Å². The second-order valence-corrected chi connectivity index (χ2v) is 4.87. The second-order valence-electron chi connectivity index (χ2n) is 4.87. The van der Waals surface area contributed by atoms with Crippen molar-refractivity contribution in [1.82, 2.24) is 0 Å². The Morgan fingerprint density at radius 3 is 2.00 bits per heavy atom. The third kappa shape index (κ3) is 3.10. The van der Waals surface area contributed by atoms with Crippen LogP contribution in [0.3, 0.4) is 0 Å². The monoisotopic (exact) mass is 219 g/mol. The highest BCUT2D eigenvalue weighted by Crippen LogP contribution is 2.27. The van der Waals surface area contributed by atoms with Crippen LogP contribution in [0.25, 0.3) is 0 Å². The average Bonchev–Trinajstić information content (AvgIpc) is 2.27. The van der Waals surface area contributed by atoms with Gasteiger partial charge in [-0.2, -0.15) is 0 Å². The Kier molecular flexibility index (Phi) is 4.17. The van der Waals surface area contributed by atoms with Gasteiger partial charge in [-0.05, 0) is 27.7 Å². The van der Waals surface area contributed by atoms with E-state index in [1.54, 1.807) is 14.6 Å². The van der Waals surface area contributed by atoms with Crippen LogP contribution in [-0.4, -0.2) is 25.8 Å². The summed E-state index contributed by atoms with van der Waals surface area (Å²) in [4.78, 5) is 0. The van der Waals surface area contributed by atoms with Gasteiger partial charge >= 0.3 is 7.48 Å². The highest BCUT2D eigenvalue weighted by Gasteiger charge is 2.37. The number of hydrogen-bond acceptors (Lipinski definition) is 2. The molecule has 0 heterocycles. The van der Waals surface area contributed by atoms with E-state index in [4.69, 9.17) is 9.39 Å². The molecule has 1 radical (unpaired) electrons. The lowest BCUT2D eigenvalue weighted by molar-refractivity contribution is -0.114. The van der Waals surface area contributed by atoms with Crippen LogP contribution in [0.1, 0.15) is 27.7 Å². The predicted molar refractivity (Wildman–Crippen MR) is 68.1 cm³/mol. The fourth-order valence-corrected chi connectivity index (χ4v) is 1.13. The number of methoxy groups -OCH3 is 1. The van der Waals surface area contributed by atoms with Gasteiger partial charge in [-0.15, -0.1) is 0 Å². The Bertz CT molecular complexity index is 320. The summed E-state index contributed by atoms with van der Waals surface area (Å²) < 4.78 is 11.3. The van der Waals surface area contributed by atoms with E-state index in [9.17, 15) is 0 Å². The molecule has 0 N–H and O–H groups in total. The molecule has 0 aliphatic rings. The third-order valence-corrected chi connectivity index (χ3v) is 3.25. The highest BCUT2D eigenvalue weighted by atomic mass is 16.5. The van der Waals surface area contributed by atoms with Gasteiger partial charge in [-0.25, -0.2) is 0 Å². The summed E-state index contributed by atoms with van der Waals surface area (Å²) in [5.41, 5.74) is 0.345. The van der Waals surface area contributed by atoms with E-state index in [0.29, 0.717) is 0 Å². The number of ether oxygens (including phenoxy) is 1. The Hall–Kier alpha value is -0.795. The SMILES string of the molecule is COC(C)(C)C(C)(C)O[B]c1ccccc1. The maximum Gasteiger partial charge on any atom is 0.330 e. The Morgan fingerprint density at radius 2 is 1.50 bits per heavy atom. The summed E-state index contributed by atoms with van der Waals surface area (Å²) >= 11 is 0. The Morgan fingerprint density at radius 1 is 0.938 bits per heavy atom. The zero-order valence-corrected chi connectivity index (χ0v) is 10.8. The lowest BCUT2D eigenvalue weighted by Crippen LogP contribution is -2.50. The molecule has 16 heavy (non-hydrogen) atoms. The number of rotatable bonds is 5. The molecule has 1 aromatic rings. The standard InChI is InChI=1S/C13H20BO2/c1-12(2,15-5)13(3,4)16-14-11-9-7-6-8-10-11/h6-10H,1-5H3. The van der Waals surface area contributed by atoms with Crippen molar-refractivity contribution >= 4 is 12.9 Å². The van der Waals surface area contributed by atoms with Gasteiger partial charge in [0.05, 0.1) is 11.2 Å². The fourth-order valence-electron chi connectivity index (χ4n) is 1.13. The van der Waals surface area contributed by atoms with Gasteiger partial charge in [0.25, 0.3) is 0 Å². The smallest absolute Gasteiger partial charge is 0.330 e. The second kappa shape index (κ2) is 5.02. The predicted octanol–water partition coefficient (Wildman–Crippen LogP) is 2.15. The molecular formula is C13H20BO2. The molecule has 1 rings (SSSR count). The molecule has 0 saturated heterocycles. The van der Waals surface area contributed by atoms with Crippen molar-refractivity contribution in [3.63, 3.8) is 0 Å². The molecule has 0 aliphatic heterocycles. The summed E-state index contributed by atoms with van der Waals surface area (Å²) in [7, 11) is 3.48. The lowest BCUT2D eigenvalue weighted by Gasteiger charge is -2.40. The quantitative estimate of drug-likeness (QED) is 0.706. The van der Waals surface area contributed by atoms with Crippen molar-refractivity contribution in [1.29, 1.82) is 0 Å². The first-order valence-electron chi connectivity index (χ1n) is 5.50. The maximum atomic E-state index is 5.82. The minimum Gasteiger partial charge on any atom is -0.427 e. The first-order valence-corrected chi connectivity index (χ1v) is 5.50. The molecule has 87 valence electrons. The zero-order chi connectivity index (χ0) is 12.2. The van der Waals surface area contributed by atoms with E-state index in [1.165, 1.54) is 0 Å². The van der Waals surface area contributed by atoms with Crippen LogP contribution in [0.2, 0.25) is 0 Å². The molecule has 0 aromatic heterocycles. The van der Waals surface area contributed by atoms with Crippen molar-refractivity contribution < 1.29 is 9.39 Å². The summed E-state index contributed by atoms with van der Waals surface area (Å²) in [5, 5.41) is 0. The van der Waals surface area contributed by atoms with Crippen LogP contribution in [-0.2, 0) is 9.39 Å². The van der Waals surface area contributed by atoms with Crippen LogP contribution in [0.15, 0.2) is 30.3 Å². The Labute approximate surface area is 99.2 Å². The highest BCUT2D eigenvalue weighted by molar-refractivity contribution is 6.47. The molecule has 0 saturated carbocycles. The molecular weight excluding hydrogens is 199 g/mol. The van der Waals surface area contributed by atoms with Gasteiger partial charge in [0.15, 0.2) is 0 Å². The molecule has 0 aliphatic carbocycles. The molecule has 2 nitrogen and oxygen atoms in total. The van der Waals surface area contributed by atoms with Crippen LogP contribution in [0.5, 0.6) is 0 Å². The van der Waals surface area contributed by atoms with Gasteiger partial charge in [0.1, 0.15) is 0 Å². The molecule has 0 unspecified atom stereocenters. The van der Waals surface area contributed by atoms with E-state index >= 15 is 0 Å². The molecule has 1 aromatic carbocycles. The van der Waals surface area contributed by atoms with Gasteiger partial charge in [-0.3, -0.25) is 0 Å². The summed E-state index contributed by atoms with van der Waals surface area (Å²) in [6, 6.07) is 9.99. The minimum atomic E-state index is -0.377. The molecule has 3 heteroatoms. The van der Waals surface area contributed by atoms with E-state index < -0.39 is 0 Å². The first-order chi connectivity index (χ1) is 7.39. The van der Waals surface area contributed by atoms with Gasteiger partial charge < -0.3 is 9.39 Å². The molecule has 0 atom stereocenters. The van der Waals surface area contributed by atoms with E-state index in [-0.39, 0.29) is 11.2 Å². The Balaban J connectivity index is 2.61. The van der Waals surface area contributed by atoms with Crippen molar-refractivity contribution in [3.8, 4) is 0 Å².